The Morgan fingerprint density at radius 2 is 1.94 bits per heavy atom. The third-order valence-electron chi connectivity index (χ3n) is 2.63. The smallest absolute Gasteiger partial charge is 0.341 e. The van der Waals surface area contributed by atoms with Crippen molar-refractivity contribution in [1.82, 2.24) is 4.90 Å². The molecule has 0 unspecified atom stereocenters. The van der Waals surface area contributed by atoms with E-state index in [1.807, 2.05) is 4.90 Å². The molecule has 1 rings (SSSR count). The van der Waals surface area contributed by atoms with Crippen LogP contribution in [-0.2, 0) is 19.1 Å². The first-order valence-electron chi connectivity index (χ1n) is 5.16. The van der Waals surface area contributed by atoms with E-state index in [1.54, 1.807) is 13.8 Å². The second kappa shape index (κ2) is 5.27. The number of rotatable bonds is 4. The normalized spacial score (nSPS) is 18.1. The van der Waals surface area contributed by atoms with Crippen molar-refractivity contribution in [3.63, 3.8) is 0 Å². The predicted octanol–water partition coefficient (Wildman–Crippen LogP) is -0.275. The lowest BCUT2D eigenvalue weighted by molar-refractivity contribution is -0.165. The van der Waals surface area contributed by atoms with Crippen LogP contribution in [0.5, 0.6) is 0 Å². The van der Waals surface area contributed by atoms with E-state index in [4.69, 9.17) is 14.6 Å². The van der Waals surface area contributed by atoms with Gasteiger partial charge in [0.1, 0.15) is 5.54 Å². The topological polar surface area (TPSA) is 76.1 Å². The highest BCUT2D eigenvalue weighted by Crippen LogP contribution is 2.17. The van der Waals surface area contributed by atoms with Gasteiger partial charge >= 0.3 is 11.9 Å². The lowest BCUT2D eigenvalue weighted by Crippen LogP contribution is -2.55. The molecule has 0 radical (unpaired) electrons. The molecular weight excluding hydrogens is 214 g/mol. The first kappa shape index (κ1) is 12.9. The van der Waals surface area contributed by atoms with Gasteiger partial charge in [0.15, 0.2) is 6.61 Å². The van der Waals surface area contributed by atoms with Gasteiger partial charge in [0, 0.05) is 13.1 Å². The second-order valence-corrected chi connectivity index (χ2v) is 4.13. The van der Waals surface area contributed by atoms with Crippen LogP contribution in [0.25, 0.3) is 0 Å². The molecular formula is C10H17NO5. The molecule has 0 saturated carbocycles. The molecule has 0 bridgehead atoms. The van der Waals surface area contributed by atoms with Crippen LogP contribution in [0.4, 0.5) is 0 Å². The molecule has 0 amide bonds. The zero-order valence-electron chi connectivity index (χ0n) is 9.56. The largest absolute Gasteiger partial charge is 0.479 e. The zero-order chi connectivity index (χ0) is 12.2. The number of hydrogen-bond donors (Lipinski definition) is 1. The SMILES string of the molecule is CC(C)(C(=O)OCC(=O)O)N1CCOCC1. The Kier molecular flexibility index (Phi) is 4.26. The molecule has 6 heteroatoms. The molecule has 0 aromatic heterocycles. The number of aliphatic carboxylic acids is 1. The molecule has 16 heavy (non-hydrogen) atoms. The van der Waals surface area contributed by atoms with E-state index in [0.717, 1.165) is 0 Å². The van der Waals surface area contributed by atoms with Crippen molar-refractivity contribution in [3.05, 3.63) is 0 Å². The lowest BCUT2D eigenvalue weighted by Gasteiger charge is -2.38. The summed E-state index contributed by atoms with van der Waals surface area (Å²) in [5.74, 6) is -1.66. The van der Waals surface area contributed by atoms with Crippen molar-refractivity contribution in [2.75, 3.05) is 32.9 Å². The minimum absolute atomic E-state index is 0.517. The van der Waals surface area contributed by atoms with Crippen molar-refractivity contribution < 1.29 is 24.2 Å². The molecule has 1 saturated heterocycles. The molecule has 1 N–H and O–H groups in total. The highest BCUT2D eigenvalue weighted by atomic mass is 16.6. The van der Waals surface area contributed by atoms with Gasteiger partial charge in [0.25, 0.3) is 0 Å². The monoisotopic (exact) mass is 231 g/mol. The van der Waals surface area contributed by atoms with Gasteiger partial charge in [0.05, 0.1) is 13.2 Å². The summed E-state index contributed by atoms with van der Waals surface area (Å²) < 4.78 is 9.89. The first-order valence-corrected chi connectivity index (χ1v) is 5.16. The highest BCUT2D eigenvalue weighted by Gasteiger charge is 2.37. The van der Waals surface area contributed by atoms with E-state index in [2.05, 4.69) is 0 Å². The Hall–Kier alpha value is -1.14. The fourth-order valence-corrected chi connectivity index (χ4v) is 1.56. The van der Waals surface area contributed by atoms with Gasteiger partial charge in [-0.05, 0) is 13.8 Å². The van der Waals surface area contributed by atoms with Crippen molar-refractivity contribution in [2.45, 2.75) is 19.4 Å². The van der Waals surface area contributed by atoms with Crippen molar-refractivity contribution >= 4 is 11.9 Å². The van der Waals surface area contributed by atoms with Crippen LogP contribution in [-0.4, -0.2) is 60.4 Å². The fourth-order valence-electron chi connectivity index (χ4n) is 1.56. The van der Waals surface area contributed by atoms with E-state index in [9.17, 15) is 9.59 Å². The number of hydrogen-bond acceptors (Lipinski definition) is 5. The van der Waals surface area contributed by atoms with Gasteiger partial charge in [-0.2, -0.15) is 0 Å². The zero-order valence-corrected chi connectivity index (χ0v) is 9.56. The van der Waals surface area contributed by atoms with Crippen LogP contribution >= 0.6 is 0 Å². The Morgan fingerprint density at radius 1 is 1.38 bits per heavy atom. The van der Waals surface area contributed by atoms with E-state index in [1.165, 1.54) is 0 Å². The van der Waals surface area contributed by atoms with Crippen LogP contribution in [0.15, 0.2) is 0 Å². The minimum Gasteiger partial charge on any atom is -0.479 e. The standard InChI is InChI=1S/C10H17NO5/c1-10(2,9(14)16-7-8(12)13)11-3-5-15-6-4-11/h3-7H2,1-2H3,(H,12,13). The molecule has 92 valence electrons. The highest BCUT2D eigenvalue weighted by molar-refractivity contribution is 5.82. The number of carboxylic acid groups (broad SMARTS) is 1. The molecule has 1 aliphatic rings. The van der Waals surface area contributed by atoms with E-state index in [-0.39, 0.29) is 0 Å². The number of carbonyl (C=O) groups is 2. The van der Waals surface area contributed by atoms with Gasteiger partial charge in [0.2, 0.25) is 0 Å². The molecule has 1 heterocycles. The van der Waals surface area contributed by atoms with E-state index in [0.29, 0.717) is 26.3 Å². The Morgan fingerprint density at radius 3 is 2.44 bits per heavy atom. The maximum atomic E-state index is 11.7. The number of morpholine rings is 1. The molecule has 0 aromatic rings. The van der Waals surface area contributed by atoms with Gasteiger partial charge in [-0.15, -0.1) is 0 Å². The van der Waals surface area contributed by atoms with Crippen LogP contribution < -0.4 is 0 Å². The average Bonchev–Trinajstić information content (AvgIpc) is 2.27. The molecule has 0 aliphatic carbocycles. The van der Waals surface area contributed by atoms with Crippen LogP contribution in [0, 0.1) is 0 Å². The summed E-state index contributed by atoms with van der Waals surface area (Å²) in [5.41, 5.74) is -0.806. The molecule has 0 atom stereocenters. The lowest BCUT2D eigenvalue weighted by atomic mass is 10.0. The Balaban J connectivity index is 2.53. The summed E-state index contributed by atoms with van der Waals surface area (Å²) in [7, 11) is 0. The summed E-state index contributed by atoms with van der Waals surface area (Å²) in [4.78, 5) is 23.9. The summed E-state index contributed by atoms with van der Waals surface area (Å²) in [6.45, 7) is 5.31. The molecule has 0 aromatic carbocycles. The molecule has 0 spiro atoms. The number of carboxylic acids is 1. The number of ether oxygens (including phenoxy) is 2. The second-order valence-electron chi connectivity index (χ2n) is 4.13. The van der Waals surface area contributed by atoms with Crippen LogP contribution in [0.3, 0.4) is 0 Å². The van der Waals surface area contributed by atoms with Crippen LogP contribution in [0.1, 0.15) is 13.8 Å². The maximum absolute atomic E-state index is 11.7. The van der Waals surface area contributed by atoms with Gasteiger partial charge < -0.3 is 14.6 Å². The summed E-state index contributed by atoms with van der Waals surface area (Å²) >= 11 is 0. The average molecular weight is 231 g/mol. The molecule has 1 fully saturated rings. The number of nitrogens with zero attached hydrogens (tertiary/aromatic N) is 1. The third-order valence-corrected chi connectivity index (χ3v) is 2.63. The van der Waals surface area contributed by atoms with E-state index < -0.39 is 24.1 Å². The van der Waals surface area contributed by atoms with Gasteiger partial charge in [-0.1, -0.05) is 0 Å². The van der Waals surface area contributed by atoms with Crippen molar-refractivity contribution in [3.8, 4) is 0 Å². The summed E-state index contributed by atoms with van der Waals surface area (Å²) in [6, 6.07) is 0. The van der Waals surface area contributed by atoms with Crippen molar-refractivity contribution in [2.24, 2.45) is 0 Å². The Labute approximate surface area is 94.1 Å². The minimum atomic E-state index is -1.15. The maximum Gasteiger partial charge on any atom is 0.341 e. The quantitative estimate of drug-likeness (QED) is 0.671. The van der Waals surface area contributed by atoms with Gasteiger partial charge in [-0.25, -0.2) is 4.79 Å². The first-order chi connectivity index (χ1) is 7.44. The molecule has 1 aliphatic heterocycles. The van der Waals surface area contributed by atoms with Crippen LogP contribution in [0.2, 0.25) is 0 Å². The predicted molar refractivity (Wildman–Crippen MR) is 55.1 cm³/mol. The van der Waals surface area contributed by atoms with E-state index >= 15 is 0 Å². The number of carbonyl (C=O) groups excluding carboxylic acids is 1. The third kappa shape index (κ3) is 3.18. The Bertz CT molecular complexity index is 270. The molecule has 6 nitrogen and oxygen atoms in total. The fraction of sp³-hybridized carbons (Fsp3) is 0.800. The van der Waals surface area contributed by atoms with Crippen molar-refractivity contribution in [1.29, 1.82) is 0 Å². The number of esters is 1. The van der Waals surface area contributed by atoms with Gasteiger partial charge in [-0.3, -0.25) is 9.69 Å². The summed E-state index contributed by atoms with van der Waals surface area (Å²) in [6.07, 6.45) is 0. The summed E-state index contributed by atoms with van der Waals surface area (Å²) in [5, 5.41) is 8.43.